The minimum absolute atomic E-state index is 0. The van der Waals surface area contributed by atoms with Crippen molar-refractivity contribution in [3.63, 3.8) is 0 Å². The van der Waals surface area contributed by atoms with E-state index in [0.29, 0.717) is 62.9 Å². The number of nitrogens with one attached hydrogen (secondary N) is 1. The number of amides is 1. The van der Waals surface area contributed by atoms with Crippen LogP contribution in [-0.4, -0.2) is 142 Å². The maximum Gasteiger partial charge on any atom is 1.00 e. The second kappa shape index (κ2) is 56.1. The number of thiophene rings is 7. The number of ether oxygens (including phenoxy) is 5. The third-order valence-corrected chi connectivity index (χ3v) is 24.1. The zero-order valence-corrected chi connectivity index (χ0v) is 78.0. The molecule has 0 saturated carbocycles. The van der Waals surface area contributed by atoms with Gasteiger partial charge in [-0.1, -0.05) is 124 Å². The number of nitro groups is 3. The number of ketones is 1. The summed E-state index contributed by atoms with van der Waals surface area (Å²) in [6.45, 7) is 23.1. The third-order valence-electron chi connectivity index (χ3n) is 14.7. The second-order valence-electron chi connectivity index (χ2n) is 24.8. The van der Waals surface area contributed by atoms with Crippen LogP contribution < -0.4 is 40.6 Å². The van der Waals surface area contributed by atoms with Crippen molar-refractivity contribution in [1.82, 2.24) is 20.3 Å². The van der Waals surface area contributed by atoms with Crippen LogP contribution in [0.5, 0.6) is 0 Å². The summed E-state index contributed by atoms with van der Waals surface area (Å²) in [5.41, 5.74) is 9.49. The van der Waals surface area contributed by atoms with Gasteiger partial charge < -0.3 is 41.3 Å². The fourth-order valence-electron chi connectivity index (χ4n) is 9.64. The maximum atomic E-state index is 13.8. The third kappa shape index (κ3) is 35.3. The Morgan fingerprint density at radius 1 is 0.669 bits per heavy atom. The molecule has 8 aromatic heterocycles. The molecule has 0 aliphatic carbocycles. The first-order chi connectivity index (χ1) is 53.5. The van der Waals surface area contributed by atoms with E-state index in [9.17, 15) is 80.3 Å². The Bertz CT molecular complexity index is 4800. The first-order valence-electron chi connectivity index (χ1n) is 33.0. The van der Waals surface area contributed by atoms with Crippen molar-refractivity contribution in [3.8, 4) is 0 Å². The molecule has 24 nitrogen and oxygen atoms in total. The Balaban J connectivity index is -0.00000131. The van der Waals surface area contributed by atoms with Gasteiger partial charge in [-0.15, -0.1) is 84.5 Å². The predicted molar refractivity (Wildman–Crippen MR) is 464 cm³/mol. The number of carbonyl (C=O) groups is 4. The van der Waals surface area contributed by atoms with E-state index in [4.69, 9.17) is 35.9 Å². The largest absolute Gasteiger partial charge is 1.00 e. The Morgan fingerprint density at radius 3 is 1.53 bits per heavy atom. The predicted octanol–water partition coefficient (Wildman–Crippen LogP) is 17.1. The van der Waals surface area contributed by atoms with Crippen LogP contribution in [0.3, 0.4) is 0 Å². The number of hydrogen-bond acceptors (Lipinski definition) is 25. The number of aromatic nitrogens is 3. The molecule has 3 fully saturated rings. The van der Waals surface area contributed by atoms with Gasteiger partial charge in [0.2, 0.25) is 17.6 Å². The molecule has 5 radical (unpaired) electrons. The van der Waals surface area contributed by atoms with Crippen molar-refractivity contribution in [3.05, 3.63) is 264 Å². The van der Waals surface area contributed by atoms with Gasteiger partial charge in [-0.3, -0.25) is 39.9 Å². The molecule has 9 aromatic rings. The molecule has 0 bridgehead atoms. The number of hydrogen-bond donors (Lipinski definition) is 3. The Hall–Kier alpha value is -5.71. The number of rotatable bonds is 14. The number of carbonyl (C=O) groups excluding carboxylic acids is 3. The van der Waals surface area contributed by atoms with Crippen molar-refractivity contribution >= 4 is 182 Å². The van der Waals surface area contributed by atoms with Crippen molar-refractivity contribution in [1.29, 1.82) is 1.34 Å². The molecule has 0 spiro atoms. The van der Waals surface area contributed by atoms with Gasteiger partial charge >= 0.3 is 41.6 Å². The number of allylic oxidation sites excluding steroid dienone is 1. The number of para-hydroxylation sites is 1. The summed E-state index contributed by atoms with van der Waals surface area (Å²) in [7, 11) is 3.75. The molecule has 6 atom stereocenters. The van der Waals surface area contributed by atoms with Crippen LogP contribution in [0.4, 0.5) is 35.5 Å². The minimum atomic E-state index is -1.21. The van der Waals surface area contributed by atoms with Gasteiger partial charge in [0.15, 0.2) is 6.10 Å². The maximum absolute atomic E-state index is 13.8. The zero-order valence-electron chi connectivity index (χ0n) is 63.8. The molecule has 13 rings (SSSR count). The van der Waals surface area contributed by atoms with E-state index < -0.39 is 98.0 Å². The molecule has 4 aliphatic rings. The van der Waals surface area contributed by atoms with Crippen LogP contribution in [-0.2, 0) is 23.7 Å². The van der Waals surface area contributed by atoms with Gasteiger partial charge in [0, 0.05) is 79.1 Å². The van der Waals surface area contributed by atoms with Gasteiger partial charge in [0.1, 0.15) is 90.2 Å². The standard InChI is InChI=1S/C15H20FNO3S.C11H6FN3OS.C10H10FNO3S.C10H8FNO3S.C10H12FNOS.C6H4FNO3S.C5H3FO2S.C4H8I2.3CH4.BH.B.Na.U.H/c1-9-7-11(17-14(18)20-15(2,3)4)12(19-8-9)13-10(16)5-6-21-13;12-7-5-6-17-10(7)11(16)15-9-4-2-1-3-8(9)13-14-15;2*1-6-4-8(12(13)14)9(15-5-6)10-7(11)2-3-16-10;1-6-4-8(12)9(13-5-6)10-7(11)2-3-14-10;7-4-1-2-12-6(4)5(9)3-8(10)11;6-3-1-2-9-4(3)5(7)8;1-4(2-5)3-6;;;;;;;;/h5-6,11-12H,1,7-8H2,2-4H3,(H,17,18);1-6H;2-3,8-9H,1,4-5H2;2-3H,1,4-5H2;2-3,8-9H,1,4-5,12H2;1-2H,3H2;1-2H,(H,7,8);4H,2-3H2,1H3;3*1H4;1H;;;;/q;;;;;;;;;;;;;+1;;-1/t11-,12-;;8-,9-;;8-,9?;;;;;;;;;;;/m0.0.0.........../s1/i;;;;;;;;;;;1D;;;;. The molecule has 118 heavy (non-hydrogen) atoms. The summed E-state index contributed by atoms with van der Waals surface area (Å²) in [6, 6.07) is 14.5. The zero-order chi connectivity index (χ0) is 84.0. The van der Waals surface area contributed by atoms with Gasteiger partial charge in [-0.25, -0.2) is 40.3 Å². The van der Waals surface area contributed by atoms with E-state index in [1.165, 1.54) is 83.4 Å². The van der Waals surface area contributed by atoms with Crippen LogP contribution in [0.2, 0.25) is 0 Å². The van der Waals surface area contributed by atoms with Crippen molar-refractivity contribution < 1.29 is 156 Å². The van der Waals surface area contributed by atoms with Crippen molar-refractivity contribution in [2.75, 3.05) is 41.8 Å². The van der Waals surface area contributed by atoms with Crippen molar-refractivity contribution in [2.24, 2.45) is 11.7 Å². The monoisotopic (exact) mass is 2240 g/mol. The first kappa shape index (κ1) is 112. The normalized spacial score (nSPS) is 16.9. The van der Waals surface area contributed by atoms with Crippen LogP contribution >= 0.6 is 125 Å². The summed E-state index contributed by atoms with van der Waals surface area (Å²) in [4.78, 5) is 75.9. The number of halogens is 9. The van der Waals surface area contributed by atoms with Crippen LogP contribution in [0, 0.1) is 108 Å². The Labute approximate surface area is 785 Å². The number of fused-ring (bicyclic) bond motifs is 1. The van der Waals surface area contributed by atoms with E-state index in [2.05, 4.69) is 102 Å². The number of carboxylic acids is 1. The number of nitrogens with two attached hydrogens (primary N) is 1. The number of benzene rings is 1. The van der Waals surface area contributed by atoms with E-state index in [0.717, 1.165) is 90.6 Å². The second-order valence-corrected chi connectivity index (χ2v) is 33.1. The van der Waals surface area contributed by atoms with E-state index in [1.807, 2.05) is 0 Å². The summed E-state index contributed by atoms with van der Waals surface area (Å²) in [5, 5.41) is 61.0. The summed E-state index contributed by atoms with van der Waals surface area (Å²) in [6.07, 6.45) is -0.519. The van der Waals surface area contributed by atoms with Crippen LogP contribution in [0.15, 0.2) is 159 Å². The van der Waals surface area contributed by atoms with E-state index >= 15 is 0 Å². The number of nitrogens with zero attached hydrogens (tertiary/aromatic N) is 6. The summed E-state index contributed by atoms with van der Waals surface area (Å²) >= 11 is 12.5. The van der Waals surface area contributed by atoms with Gasteiger partial charge in [0.25, 0.3) is 18.1 Å². The fraction of sp³-hybridized carbons (Fsp3) is 0.351. The van der Waals surface area contributed by atoms with Gasteiger partial charge in [0.05, 0.1) is 57.4 Å². The molecular formula is C74H85B2F7I2N8NaO16S7U. The average Bonchev–Trinajstić information content (AvgIpc) is 1.64. The topological polar surface area (TPSA) is 333 Å². The number of alkyl carbamates (subject to hydrolysis) is 1. The van der Waals surface area contributed by atoms with Gasteiger partial charge in [-0.05, 0) is 150 Å². The number of alkyl halides is 2. The molecule has 1 amide bonds. The molecular weight excluding hydrogens is 2150 g/mol. The minimum Gasteiger partial charge on any atom is -1.00 e. The average molecular weight is 2240 g/mol. The molecule has 4 N–H and O–H groups in total. The molecule has 633 valence electrons. The number of aromatic carboxylic acids is 1. The Kier molecular flexibility index (Phi) is 53.4. The molecule has 1 aromatic carbocycles. The molecule has 3 saturated heterocycles. The summed E-state index contributed by atoms with van der Waals surface area (Å²) in [5.74, 6) is -4.88. The SMILES string of the molecule is C.C.C.C=C1COC(c2sccc2F)=C([N+](=O)[O-])C1.C=C1COC(c2sccc2F)[C@@H](N)C1.C=C1CO[C@H](c2sccc2F)[C@@H](NC(=O)OC(C)(C)C)C1.C=C1CO[C@H](c2sccc2F)[C@@H]([N+](=O)[O-])C1.CC(CI)CI.O=C(C[N+](=O)[O-])c1sccc1F.O=C(O)c1sccc1F.O=C(c1sccc1F)n1nnc2ccccc21.[2H][B].[B].[H-].[Na+].[U]. The quantitative estimate of drug-likeness (QED) is 0.0133. The summed E-state index contributed by atoms with van der Waals surface area (Å²) < 4.78 is 128. The molecule has 4 aliphatic heterocycles. The Morgan fingerprint density at radius 2 is 1.11 bits per heavy atom. The molecule has 12 heterocycles. The van der Waals surface area contributed by atoms with Gasteiger partial charge in [-0.2, -0.15) is 4.68 Å². The molecule has 44 heteroatoms. The van der Waals surface area contributed by atoms with Crippen molar-refractivity contribution in [2.45, 2.75) is 118 Å². The first-order valence-corrected chi connectivity index (χ1v) is 41.6. The van der Waals surface area contributed by atoms with Crippen LogP contribution in [0.1, 0.15) is 144 Å². The molecule has 1 unspecified atom stereocenters. The van der Waals surface area contributed by atoms with Crippen LogP contribution in [0.25, 0.3) is 16.8 Å². The number of carboxylic acid groups (broad SMARTS) is 1. The van der Waals surface area contributed by atoms with E-state index in [-0.39, 0.29) is 180 Å². The number of Topliss-reactive ketones (excluding diaryl/α,β-unsaturated/α-hetero) is 1. The van der Waals surface area contributed by atoms with E-state index in [1.54, 1.807) is 61.2 Å². The smallest absolute Gasteiger partial charge is 1.00 e. The fourth-order valence-corrected chi connectivity index (χ4v) is 16.9.